The summed E-state index contributed by atoms with van der Waals surface area (Å²) < 4.78 is 22.2. The van der Waals surface area contributed by atoms with Crippen LogP contribution in [0.15, 0.2) is 73.8 Å². The molecule has 0 saturated carbocycles. The fourth-order valence-corrected chi connectivity index (χ4v) is 4.14. The average molecular weight is 410 g/mol. The number of ether oxygens (including phenoxy) is 2. The molecule has 0 saturated heterocycles. The van der Waals surface area contributed by atoms with Crippen molar-refractivity contribution < 1.29 is 23.1 Å². The molecule has 0 unspecified atom stereocenters. The first kappa shape index (κ1) is 17.9. The van der Waals surface area contributed by atoms with Crippen LogP contribution in [0.25, 0.3) is 0 Å². The van der Waals surface area contributed by atoms with Crippen LogP contribution >= 0.6 is 11.8 Å². The Kier molecular flexibility index (Phi) is 4.77. The summed E-state index contributed by atoms with van der Waals surface area (Å²) in [6.45, 7) is 1.08. The molecule has 29 heavy (non-hydrogen) atoms. The molecular weight excluding hydrogens is 392 g/mol. The highest BCUT2D eigenvalue weighted by Gasteiger charge is 2.35. The number of thioether (sulfide) groups is 1. The Balaban J connectivity index is 1.32. The Morgan fingerprint density at radius 3 is 2.69 bits per heavy atom. The minimum atomic E-state index is -0.279. The van der Waals surface area contributed by atoms with E-state index in [1.165, 1.54) is 16.8 Å². The maximum atomic E-state index is 13.0. The van der Waals surface area contributed by atoms with Gasteiger partial charge in [0.1, 0.15) is 36.5 Å². The van der Waals surface area contributed by atoms with Gasteiger partial charge in [-0.25, -0.2) is 5.01 Å². The molecule has 3 aromatic rings. The van der Waals surface area contributed by atoms with E-state index in [-0.39, 0.29) is 17.7 Å². The van der Waals surface area contributed by atoms with Gasteiger partial charge in [-0.3, -0.25) is 4.79 Å². The number of hydrogen-bond donors (Lipinski definition) is 0. The summed E-state index contributed by atoms with van der Waals surface area (Å²) in [7, 11) is 0. The average Bonchev–Trinajstić information content (AvgIpc) is 3.52. The van der Waals surface area contributed by atoms with Crippen molar-refractivity contribution in [2.75, 3.05) is 19.0 Å². The van der Waals surface area contributed by atoms with Gasteiger partial charge in [0.25, 0.3) is 5.91 Å². The van der Waals surface area contributed by atoms with Crippen LogP contribution in [0.1, 0.15) is 24.0 Å². The molecular formula is C21H18N2O5S. The number of furan rings is 2. The highest BCUT2D eigenvalue weighted by atomic mass is 32.2. The minimum absolute atomic E-state index is 0.104. The zero-order valence-corrected chi connectivity index (χ0v) is 16.3. The first-order valence-electron chi connectivity index (χ1n) is 9.27. The van der Waals surface area contributed by atoms with Crippen molar-refractivity contribution in [1.82, 2.24) is 5.01 Å². The monoisotopic (exact) mass is 410 g/mol. The molecule has 148 valence electrons. The molecule has 4 heterocycles. The summed E-state index contributed by atoms with van der Waals surface area (Å²) >= 11 is 1.44. The standard InChI is InChI=1S/C21H18N2O5S/c24-21(13-29-14-5-6-19-20(11-14)28-10-9-27-19)23-16(18-4-2-8-26-18)12-15(22-23)17-3-1-7-25-17/h1-8,11,16H,9-10,12-13H2/t16-/m1/s1. The SMILES string of the molecule is O=C(CSc1ccc2c(c1)OCCO2)N1N=C(c2ccco2)C[C@@H]1c1ccco1. The lowest BCUT2D eigenvalue weighted by atomic mass is 10.1. The van der Waals surface area contributed by atoms with Gasteiger partial charge >= 0.3 is 0 Å². The van der Waals surface area contributed by atoms with Gasteiger partial charge in [0.2, 0.25) is 0 Å². The fourth-order valence-electron chi connectivity index (χ4n) is 3.36. The van der Waals surface area contributed by atoms with Gasteiger partial charge in [-0.05, 0) is 42.5 Å². The van der Waals surface area contributed by atoms with Crippen LogP contribution in [0.3, 0.4) is 0 Å². The topological polar surface area (TPSA) is 77.4 Å². The molecule has 0 N–H and O–H groups in total. The summed E-state index contributed by atoms with van der Waals surface area (Å²) in [5.74, 6) is 2.95. The zero-order valence-electron chi connectivity index (χ0n) is 15.4. The summed E-state index contributed by atoms with van der Waals surface area (Å²) in [5.41, 5.74) is 0.731. The molecule has 0 fully saturated rings. The lowest BCUT2D eigenvalue weighted by molar-refractivity contribution is -0.130. The molecule has 0 aliphatic carbocycles. The highest BCUT2D eigenvalue weighted by Crippen LogP contribution is 2.36. The van der Waals surface area contributed by atoms with Gasteiger partial charge in [-0.2, -0.15) is 5.10 Å². The van der Waals surface area contributed by atoms with Gasteiger partial charge in [0.15, 0.2) is 11.5 Å². The Labute approximate surface area is 171 Å². The lowest BCUT2D eigenvalue weighted by Gasteiger charge is -2.20. The fraction of sp³-hybridized carbons (Fsp3) is 0.238. The number of hydrazone groups is 1. The number of rotatable bonds is 5. The lowest BCUT2D eigenvalue weighted by Crippen LogP contribution is -2.28. The van der Waals surface area contributed by atoms with Gasteiger partial charge in [0.05, 0.1) is 18.3 Å². The number of carbonyl (C=O) groups is 1. The van der Waals surface area contributed by atoms with E-state index >= 15 is 0 Å². The van der Waals surface area contributed by atoms with Crippen LogP contribution in [0.5, 0.6) is 11.5 Å². The van der Waals surface area contributed by atoms with Crippen LogP contribution in [-0.4, -0.2) is 35.6 Å². The predicted molar refractivity (Wildman–Crippen MR) is 106 cm³/mol. The van der Waals surface area contributed by atoms with E-state index in [1.807, 2.05) is 42.5 Å². The van der Waals surface area contributed by atoms with Gasteiger partial charge in [-0.15, -0.1) is 11.8 Å². The van der Waals surface area contributed by atoms with Crippen molar-refractivity contribution in [3.8, 4) is 11.5 Å². The maximum absolute atomic E-state index is 13.0. The Morgan fingerprint density at radius 1 is 1.07 bits per heavy atom. The molecule has 1 aromatic carbocycles. The van der Waals surface area contributed by atoms with Crippen molar-refractivity contribution >= 4 is 23.4 Å². The van der Waals surface area contributed by atoms with Crippen molar-refractivity contribution in [3.63, 3.8) is 0 Å². The number of fused-ring (bicyclic) bond motifs is 1. The van der Waals surface area contributed by atoms with Crippen molar-refractivity contribution in [1.29, 1.82) is 0 Å². The van der Waals surface area contributed by atoms with E-state index in [4.69, 9.17) is 18.3 Å². The predicted octanol–water partition coefficient (Wildman–Crippen LogP) is 4.11. The molecule has 2 aromatic heterocycles. The van der Waals surface area contributed by atoms with Crippen LogP contribution in [0.2, 0.25) is 0 Å². The minimum Gasteiger partial charge on any atom is -0.486 e. The first-order valence-corrected chi connectivity index (χ1v) is 10.3. The van der Waals surface area contributed by atoms with Crippen molar-refractivity contribution in [2.24, 2.45) is 5.10 Å². The molecule has 0 bridgehead atoms. The number of benzene rings is 1. The smallest absolute Gasteiger partial charge is 0.253 e. The second-order valence-electron chi connectivity index (χ2n) is 6.59. The summed E-state index contributed by atoms with van der Waals surface area (Å²) in [6.07, 6.45) is 3.75. The maximum Gasteiger partial charge on any atom is 0.253 e. The molecule has 5 rings (SSSR count). The van der Waals surface area contributed by atoms with Crippen LogP contribution in [0, 0.1) is 0 Å². The second-order valence-corrected chi connectivity index (χ2v) is 7.64. The highest BCUT2D eigenvalue weighted by molar-refractivity contribution is 8.00. The van der Waals surface area contributed by atoms with Gasteiger partial charge in [0, 0.05) is 11.3 Å². The molecule has 0 spiro atoms. The third-order valence-corrected chi connectivity index (χ3v) is 5.70. The Hall–Kier alpha value is -3.13. The zero-order chi connectivity index (χ0) is 19.6. The number of amides is 1. The summed E-state index contributed by atoms with van der Waals surface area (Å²) in [5, 5.41) is 6.04. The number of nitrogens with zero attached hydrogens (tertiary/aromatic N) is 2. The third-order valence-electron chi connectivity index (χ3n) is 4.72. The normalized spacial score (nSPS) is 18.0. The van der Waals surface area contributed by atoms with E-state index in [1.54, 1.807) is 12.5 Å². The van der Waals surface area contributed by atoms with E-state index in [9.17, 15) is 4.79 Å². The van der Waals surface area contributed by atoms with Crippen LogP contribution < -0.4 is 9.47 Å². The van der Waals surface area contributed by atoms with Crippen LogP contribution in [0.4, 0.5) is 0 Å². The van der Waals surface area contributed by atoms with E-state index in [0.29, 0.717) is 36.9 Å². The van der Waals surface area contributed by atoms with Gasteiger partial charge in [-0.1, -0.05) is 0 Å². The van der Waals surface area contributed by atoms with E-state index in [0.717, 1.165) is 16.4 Å². The summed E-state index contributed by atoms with van der Waals surface area (Å²) in [4.78, 5) is 13.9. The van der Waals surface area contributed by atoms with Crippen molar-refractivity contribution in [3.05, 3.63) is 66.5 Å². The van der Waals surface area contributed by atoms with E-state index < -0.39 is 0 Å². The molecule has 8 heteroatoms. The van der Waals surface area contributed by atoms with Crippen LogP contribution in [-0.2, 0) is 4.79 Å². The molecule has 7 nitrogen and oxygen atoms in total. The molecule has 1 amide bonds. The third kappa shape index (κ3) is 3.63. The molecule has 1 atom stereocenters. The first-order chi connectivity index (χ1) is 14.3. The quantitative estimate of drug-likeness (QED) is 0.589. The molecule has 2 aliphatic rings. The largest absolute Gasteiger partial charge is 0.486 e. The molecule has 2 aliphatic heterocycles. The number of carbonyl (C=O) groups excluding carboxylic acids is 1. The second kappa shape index (κ2) is 7.71. The van der Waals surface area contributed by atoms with Crippen molar-refractivity contribution in [2.45, 2.75) is 17.4 Å². The Morgan fingerprint density at radius 2 is 1.90 bits per heavy atom. The van der Waals surface area contributed by atoms with E-state index in [2.05, 4.69) is 5.10 Å². The summed E-state index contributed by atoms with van der Waals surface area (Å²) in [6, 6.07) is 12.7. The molecule has 0 radical (unpaired) electrons. The Bertz CT molecular complexity index is 1030. The number of hydrogen-bond acceptors (Lipinski definition) is 7. The van der Waals surface area contributed by atoms with Gasteiger partial charge < -0.3 is 18.3 Å².